The zero-order chi connectivity index (χ0) is 23.7. The van der Waals surface area contributed by atoms with Gasteiger partial charge in [0.1, 0.15) is 6.10 Å². The largest absolute Gasteiger partial charge is 0.410 e. The minimum atomic E-state index is -3.74. The maximum Gasteiger partial charge on any atom is 0.192 e. The second kappa shape index (κ2) is 9.82. The first-order valence-electron chi connectivity index (χ1n) is 10.7. The molecular formula is C23H42O5SSi. The summed E-state index contributed by atoms with van der Waals surface area (Å²) in [6.07, 6.45) is -2.94. The van der Waals surface area contributed by atoms with Gasteiger partial charge in [-0.3, -0.25) is 0 Å². The summed E-state index contributed by atoms with van der Waals surface area (Å²) < 4.78 is 33.2. The Bertz CT molecular complexity index is 801. The minimum absolute atomic E-state index is 0.159. The van der Waals surface area contributed by atoms with Gasteiger partial charge >= 0.3 is 0 Å². The maximum absolute atomic E-state index is 13.4. The van der Waals surface area contributed by atoms with E-state index < -0.39 is 36.5 Å². The summed E-state index contributed by atoms with van der Waals surface area (Å²) in [5.74, 6) is -0.193. The zero-order valence-electron chi connectivity index (χ0n) is 20.4. The number of benzene rings is 1. The molecule has 0 aliphatic rings. The van der Waals surface area contributed by atoms with Gasteiger partial charge in [0.2, 0.25) is 0 Å². The van der Waals surface area contributed by atoms with Crippen LogP contribution in [0.2, 0.25) is 18.1 Å². The molecule has 0 aromatic heterocycles. The molecule has 7 heteroatoms. The molecule has 0 unspecified atom stereocenters. The highest BCUT2D eigenvalue weighted by molar-refractivity contribution is 7.91. The molecule has 2 N–H and O–H groups in total. The lowest BCUT2D eigenvalue weighted by Crippen LogP contribution is -2.52. The Balaban J connectivity index is 3.38. The zero-order valence-corrected chi connectivity index (χ0v) is 22.2. The number of rotatable bonds is 9. The number of aliphatic hydroxyl groups is 2. The van der Waals surface area contributed by atoms with Crippen LogP contribution in [0, 0.1) is 26.7 Å². The summed E-state index contributed by atoms with van der Waals surface area (Å²) in [7, 11) is -6.13. The molecule has 0 heterocycles. The van der Waals surface area contributed by atoms with Crippen LogP contribution in [0.4, 0.5) is 0 Å². The van der Waals surface area contributed by atoms with Gasteiger partial charge in [0, 0.05) is 0 Å². The van der Waals surface area contributed by atoms with Crippen LogP contribution < -0.4 is 0 Å². The van der Waals surface area contributed by atoms with Gasteiger partial charge in [-0.2, -0.15) is 0 Å². The number of sulfone groups is 1. The maximum atomic E-state index is 13.4. The molecule has 3 atom stereocenters. The third kappa shape index (κ3) is 6.89. The quantitative estimate of drug-likeness (QED) is 0.531. The fourth-order valence-corrected chi connectivity index (χ4v) is 7.00. The highest BCUT2D eigenvalue weighted by Gasteiger charge is 2.43. The van der Waals surface area contributed by atoms with Crippen LogP contribution in [0.5, 0.6) is 0 Å². The van der Waals surface area contributed by atoms with Crippen molar-refractivity contribution in [2.24, 2.45) is 5.92 Å². The van der Waals surface area contributed by atoms with Crippen molar-refractivity contribution in [1.82, 2.24) is 0 Å². The summed E-state index contributed by atoms with van der Waals surface area (Å²) in [4.78, 5) is 0.294. The van der Waals surface area contributed by atoms with Crippen LogP contribution in [0.15, 0.2) is 17.0 Å². The predicted octanol–water partition coefficient (Wildman–Crippen LogP) is 4.54. The Hall–Kier alpha value is -0.733. The van der Waals surface area contributed by atoms with Gasteiger partial charge in [-0.05, 0) is 62.4 Å². The molecule has 1 rings (SSSR count). The van der Waals surface area contributed by atoms with Gasteiger partial charge in [0.15, 0.2) is 18.2 Å². The van der Waals surface area contributed by atoms with Crippen LogP contribution in [0.25, 0.3) is 0 Å². The third-order valence-electron chi connectivity index (χ3n) is 6.04. The van der Waals surface area contributed by atoms with Crippen LogP contribution >= 0.6 is 0 Å². The summed E-state index contributed by atoms with van der Waals surface area (Å²) in [6, 6.07) is 3.71. The Morgan fingerprint density at radius 1 is 1.03 bits per heavy atom. The second-order valence-corrected chi connectivity index (χ2v) is 17.3. The molecule has 1 aromatic carbocycles. The van der Waals surface area contributed by atoms with Crippen LogP contribution in [-0.2, 0) is 14.3 Å². The molecule has 0 radical (unpaired) electrons. The SMILES string of the molecule is Cc1cc(C)c(S(=O)(=O)C[C@@H](O[Si](C)(C)C(C)(C)C)[C@H](O)[C@H](O)CC(C)C)c(C)c1. The molecule has 0 saturated heterocycles. The lowest BCUT2D eigenvalue weighted by Gasteiger charge is -2.41. The van der Waals surface area contributed by atoms with E-state index in [-0.39, 0.29) is 16.7 Å². The van der Waals surface area contributed by atoms with Gasteiger partial charge in [-0.15, -0.1) is 0 Å². The Kier molecular flexibility index (Phi) is 8.93. The molecule has 0 aliphatic heterocycles. The van der Waals surface area contributed by atoms with Crippen molar-refractivity contribution < 1.29 is 23.1 Å². The van der Waals surface area contributed by atoms with Crippen molar-refractivity contribution in [1.29, 1.82) is 0 Å². The lowest BCUT2D eigenvalue weighted by molar-refractivity contribution is -0.0523. The Morgan fingerprint density at radius 3 is 1.90 bits per heavy atom. The highest BCUT2D eigenvalue weighted by Crippen LogP contribution is 2.38. The van der Waals surface area contributed by atoms with E-state index in [4.69, 9.17) is 4.43 Å². The van der Waals surface area contributed by atoms with E-state index >= 15 is 0 Å². The van der Waals surface area contributed by atoms with Gasteiger partial charge in [-0.25, -0.2) is 8.42 Å². The van der Waals surface area contributed by atoms with E-state index in [1.165, 1.54) is 0 Å². The molecule has 5 nitrogen and oxygen atoms in total. The minimum Gasteiger partial charge on any atom is -0.410 e. The molecule has 0 bridgehead atoms. The lowest BCUT2D eigenvalue weighted by atomic mass is 9.99. The second-order valence-electron chi connectivity index (χ2n) is 10.6. The fraction of sp³-hybridized carbons (Fsp3) is 0.739. The van der Waals surface area contributed by atoms with Crippen molar-refractivity contribution in [2.75, 3.05) is 5.75 Å². The molecule has 30 heavy (non-hydrogen) atoms. The summed E-state index contributed by atoms with van der Waals surface area (Å²) in [6.45, 7) is 19.7. The van der Waals surface area contributed by atoms with Gasteiger partial charge in [0.05, 0.1) is 22.9 Å². The molecular weight excluding hydrogens is 416 g/mol. The van der Waals surface area contributed by atoms with Crippen molar-refractivity contribution in [3.8, 4) is 0 Å². The topological polar surface area (TPSA) is 83.8 Å². The molecule has 0 aliphatic carbocycles. The number of hydrogen-bond donors (Lipinski definition) is 2. The number of aliphatic hydroxyl groups excluding tert-OH is 2. The first kappa shape index (κ1) is 27.3. The van der Waals surface area contributed by atoms with Gasteiger partial charge in [0.25, 0.3) is 0 Å². The predicted molar refractivity (Wildman–Crippen MR) is 126 cm³/mol. The molecule has 0 spiro atoms. The van der Waals surface area contributed by atoms with Crippen LogP contribution in [0.3, 0.4) is 0 Å². The monoisotopic (exact) mass is 458 g/mol. The molecule has 1 aromatic rings. The average Bonchev–Trinajstić information content (AvgIpc) is 2.49. The molecule has 174 valence electrons. The Labute approximate surface area is 184 Å². The fourth-order valence-electron chi connectivity index (χ4n) is 3.58. The summed E-state index contributed by atoms with van der Waals surface area (Å²) in [5, 5.41) is 21.3. The van der Waals surface area contributed by atoms with E-state index in [2.05, 4.69) is 20.8 Å². The molecule has 0 saturated carbocycles. The van der Waals surface area contributed by atoms with Crippen molar-refractivity contribution in [3.05, 3.63) is 28.8 Å². The first-order chi connectivity index (χ1) is 13.4. The van der Waals surface area contributed by atoms with Gasteiger partial charge in [-0.1, -0.05) is 52.3 Å². The number of aryl methyl sites for hydroxylation is 3. The van der Waals surface area contributed by atoms with Crippen LogP contribution in [0.1, 0.15) is 57.7 Å². The van der Waals surface area contributed by atoms with Crippen LogP contribution in [-0.4, -0.2) is 51.0 Å². The van der Waals surface area contributed by atoms with E-state index in [1.54, 1.807) is 13.8 Å². The normalized spacial score (nSPS) is 16.6. The first-order valence-corrected chi connectivity index (χ1v) is 15.3. The summed E-state index contributed by atoms with van der Waals surface area (Å²) >= 11 is 0. The molecule has 0 amide bonds. The standard InChI is InChI=1S/C23H42O5SSi/c1-15(2)11-19(24)21(25)20(28-30(9,10)23(6,7)8)14-29(26,27)22-17(4)12-16(3)13-18(22)5/h12-13,15,19-21,24-25H,11,14H2,1-10H3/t19-,20-,21-/m1/s1. The van der Waals surface area contributed by atoms with E-state index in [1.807, 2.05) is 46.0 Å². The van der Waals surface area contributed by atoms with Gasteiger partial charge < -0.3 is 14.6 Å². The Morgan fingerprint density at radius 2 is 1.50 bits per heavy atom. The average molecular weight is 459 g/mol. The van der Waals surface area contributed by atoms with E-state index in [0.29, 0.717) is 22.4 Å². The van der Waals surface area contributed by atoms with Crippen molar-refractivity contribution in [3.63, 3.8) is 0 Å². The smallest absolute Gasteiger partial charge is 0.192 e. The van der Waals surface area contributed by atoms with E-state index in [0.717, 1.165) is 5.56 Å². The number of hydrogen-bond acceptors (Lipinski definition) is 5. The van der Waals surface area contributed by atoms with Crippen molar-refractivity contribution in [2.45, 2.75) is 103 Å². The highest BCUT2D eigenvalue weighted by atomic mass is 32.2. The molecule has 0 fully saturated rings. The van der Waals surface area contributed by atoms with Crippen molar-refractivity contribution >= 4 is 18.2 Å². The van der Waals surface area contributed by atoms with E-state index in [9.17, 15) is 18.6 Å². The summed E-state index contributed by atoms with van der Waals surface area (Å²) in [5.41, 5.74) is 2.39. The third-order valence-corrected chi connectivity index (χ3v) is 12.6.